The smallest absolute Gasteiger partial charge is 0.370 e. The molecule has 0 fully saturated rings. The van der Waals surface area contributed by atoms with E-state index in [1.165, 1.54) is 0 Å². The lowest BCUT2D eigenvalue weighted by Gasteiger charge is -2.09. The van der Waals surface area contributed by atoms with E-state index in [-0.39, 0.29) is 19.1 Å². The average molecular weight is 340 g/mol. The fourth-order valence-corrected chi connectivity index (χ4v) is 1.64. The Morgan fingerprint density at radius 1 is 1.42 bits per heavy atom. The maximum absolute atomic E-state index is 11.8. The van der Waals surface area contributed by atoms with E-state index in [1.807, 2.05) is 6.92 Å². The van der Waals surface area contributed by atoms with Crippen molar-refractivity contribution in [2.24, 2.45) is 0 Å². The molecule has 1 aromatic carbocycles. The van der Waals surface area contributed by atoms with Crippen molar-refractivity contribution in [1.82, 2.24) is 5.32 Å². The van der Waals surface area contributed by atoms with Gasteiger partial charge in [-0.2, -0.15) is 13.2 Å². The first-order chi connectivity index (χ1) is 8.79. The minimum atomic E-state index is -4.34. The number of carbonyl (C=O) groups is 1. The summed E-state index contributed by atoms with van der Waals surface area (Å²) in [5.41, 5.74) is 1.43. The third-order valence-corrected chi connectivity index (χ3v) is 3.09. The van der Waals surface area contributed by atoms with Crippen LogP contribution in [0.15, 0.2) is 22.7 Å². The van der Waals surface area contributed by atoms with E-state index in [4.69, 9.17) is 0 Å². The predicted octanol–water partition coefficient (Wildman–Crippen LogP) is 3.07. The number of ether oxygens (including phenoxy) is 1. The highest BCUT2D eigenvalue weighted by Gasteiger charge is 2.27. The second-order valence-electron chi connectivity index (χ2n) is 3.89. The first kappa shape index (κ1) is 16.0. The number of halogens is 4. The van der Waals surface area contributed by atoms with Crippen LogP contribution < -0.4 is 5.32 Å². The summed E-state index contributed by atoms with van der Waals surface area (Å²) in [6.07, 6.45) is -4.34. The molecule has 1 rings (SSSR count). The molecule has 1 N–H and O–H groups in total. The number of hydrogen-bond donors (Lipinski definition) is 1. The lowest BCUT2D eigenvalue weighted by atomic mass is 10.1. The zero-order valence-electron chi connectivity index (χ0n) is 10.2. The molecular formula is C12H13BrF3NO2. The van der Waals surface area contributed by atoms with E-state index in [0.29, 0.717) is 5.56 Å². The van der Waals surface area contributed by atoms with Crippen molar-refractivity contribution in [3.05, 3.63) is 33.8 Å². The lowest BCUT2D eigenvalue weighted by Crippen LogP contribution is -2.28. The molecule has 1 aromatic rings. The van der Waals surface area contributed by atoms with Gasteiger partial charge in [-0.25, -0.2) is 0 Å². The Morgan fingerprint density at radius 2 is 2.11 bits per heavy atom. The van der Waals surface area contributed by atoms with E-state index < -0.39 is 12.8 Å². The molecule has 0 radical (unpaired) electrons. The molecule has 0 aromatic heterocycles. The molecule has 0 saturated carbocycles. The fraction of sp³-hybridized carbons (Fsp3) is 0.417. The third kappa shape index (κ3) is 6.07. The highest BCUT2D eigenvalue weighted by atomic mass is 79.9. The van der Waals surface area contributed by atoms with Crippen molar-refractivity contribution >= 4 is 21.8 Å². The van der Waals surface area contributed by atoms with E-state index in [9.17, 15) is 18.0 Å². The molecule has 0 aliphatic heterocycles. The van der Waals surface area contributed by atoms with Crippen molar-refractivity contribution in [2.75, 3.05) is 19.8 Å². The maximum Gasteiger partial charge on any atom is 0.411 e. The minimum Gasteiger partial charge on any atom is -0.370 e. The van der Waals surface area contributed by atoms with Gasteiger partial charge in [-0.1, -0.05) is 22.0 Å². The van der Waals surface area contributed by atoms with Gasteiger partial charge in [0, 0.05) is 16.6 Å². The van der Waals surface area contributed by atoms with Gasteiger partial charge in [0.15, 0.2) is 0 Å². The molecule has 0 aliphatic carbocycles. The predicted molar refractivity (Wildman–Crippen MR) is 68.1 cm³/mol. The van der Waals surface area contributed by atoms with Crippen molar-refractivity contribution in [2.45, 2.75) is 13.1 Å². The summed E-state index contributed by atoms with van der Waals surface area (Å²) in [6.45, 7) is 0.425. The summed E-state index contributed by atoms with van der Waals surface area (Å²) in [5, 5.41) is 2.48. The van der Waals surface area contributed by atoms with Crippen molar-refractivity contribution in [3.63, 3.8) is 0 Å². The number of amides is 1. The van der Waals surface area contributed by atoms with E-state index >= 15 is 0 Å². The van der Waals surface area contributed by atoms with Gasteiger partial charge >= 0.3 is 6.18 Å². The number of carbonyl (C=O) groups excluding carboxylic acids is 1. The second-order valence-corrected chi connectivity index (χ2v) is 4.74. The third-order valence-electron chi connectivity index (χ3n) is 2.23. The molecule has 0 heterocycles. The van der Waals surface area contributed by atoms with Crippen LogP contribution in [0.3, 0.4) is 0 Å². The second kappa shape index (κ2) is 6.91. The zero-order chi connectivity index (χ0) is 14.5. The van der Waals surface area contributed by atoms with Gasteiger partial charge in [0.25, 0.3) is 5.91 Å². The molecule has 0 unspecified atom stereocenters. The summed E-state index contributed by atoms with van der Waals surface area (Å²) in [7, 11) is 0. The molecule has 0 aliphatic rings. The molecular weight excluding hydrogens is 327 g/mol. The Kier molecular flexibility index (Phi) is 5.81. The van der Waals surface area contributed by atoms with Crippen LogP contribution in [0.25, 0.3) is 0 Å². The van der Waals surface area contributed by atoms with Crippen LogP contribution in [-0.4, -0.2) is 31.8 Å². The molecule has 0 bridgehead atoms. The van der Waals surface area contributed by atoms with E-state index in [0.717, 1.165) is 10.0 Å². The largest absolute Gasteiger partial charge is 0.411 e. The summed E-state index contributed by atoms with van der Waals surface area (Å²) in [6, 6.07) is 5.08. The van der Waals surface area contributed by atoms with Gasteiger partial charge in [0.05, 0.1) is 6.61 Å². The number of nitrogens with one attached hydrogen (secondary N) is 1. The summed E-state index contributed by atoms with van der Waals surface area (Å²) in [5.74, 6) is -0.351. The first-order valence-electron chi connectivity index (χ1n) is 5.48. The molecule has 0 atom stereocenters. The average Bonchev–Trinajstić information content (AvgIpc) is 2.30. The van der Waals surface area contributed by atoms with E-state index in [1.54, 1.807) is 18.2 Å². The van der Waals surface area contributed by atoms with Gasteiger partial charge in [-0.3, -0.25) is 4.79 Å². The van der Waals surface area contributed by atoms with Gasteiger partial charge in [0.2, 0.25) is 0 Å². The Bertz CT molecular complexity index is 449. The molecule has 0 saturated heterocycles. The number of benzene rings is 1. The standard InChI is InChI=1S/C12H13BrF3NO2/c1-8-2-3-9(6-10(8)13)11(18)17-4-5-19-7-12(14,15)16/h2-3,6H,4-5,7H2,1H3,(H,17,18). The summed E-state index contributed by atoms with van der Waals surface area (Å²) >= 11 is 3.30. The lowest BCUT2D eigenvalue weighted by molar-refractivity contribution is -0.173. The van der Waals surface area contributed by atoms with Crippen LogP contribution in [-0.2, 0) is 4.74 Å². The Balaban J connectivity index is 2.33. The molecule has 19 heavy (non-hydrogen) atoms. The number of rotatable bonds is 5. The monoisotopic (exact) mass is 339 g/mol. The number of hydrogen-bond acceptors (Lipinski definition) is 2. The highest BCUT2D eigenvalue weighted by molar-refractivity contribution is 9.10. The van der Waals surface area contributed by atoms with Gasteiger partial charge in [0.1, 0.15) is 6.61 Å². The van der Waals surface area contributed by atoms with Crippen molar-refractivity contribution < 1.29 is 22.7 Å². The quantitative estimate of drug-likeness (QED) is 0.837. The van der Waals surface area contributed by atoms with Crippen molar-refractivity contribution in [1.29, 1.82) is 0 Å². The van der Waals surface area contributed by atoms with Crippen LogP contribution in [0.2, 0.25) is 0 Å². The van der Waals surface area contributed by atoms with Crippen LogP contribution in [0, 0.1) is 6.92 Å². The molecule has 106 valence electrons. The van der Waals surface area contributed by atoms with Crippen LogP contribution in [0.4, 0.5) is 13.2 Å². The Labute approximate surface area is 117 Å². The van der Waals surface area contributed by atoms with Gasteiger partial charge < -0.3 is 10.1 Å². The van der Waals surface area contributed by atoms with Crippen LogP contribution in [0.5, 0.6) is 0 Å². The minimum absolute atomic E-state index is 0.0282. The molecule has 7 heteroatoms. The SMILES string of the molecule is Cc1ccc(C(=O)NCCOCC(F)(F)F)cc1Br. The summed E-state index contributed by atoms with van der Waals surface area (Å²) < 4.78 is 40.5. The van der Waals surface area contributed by atoms with Crippen LogP contribution >= 0.6 is 15.9 Å². The van der Waals surface area contributed by atoms with Crippen LogP contribution in [0.1, 0.15) is 15.9 Å². The molecule has 3 nitrogen and oxygen atoms in total. The molecule has 0 spiro atoms. The number of aryl methyl sites for hydroxylation is 1. The highest BCUT2D eigenvalue weighted by Crippen LogP contribution is 2.17. The Hall–Kier alpha value is -1.08. The Morgan fingerprint density at radius 3 is 2.68 bits per heavy atom. The van der Waals surface area contributed by atoms with Gasteiger partial charge in [-0.15, -0.1) is 0 Å². The number of alkyl halides is 3. The van der Waals surface area contributed by atoms with Crippen molar-refractivity contribution in [3.8, 4) is 0 Å². The first-order valence-corrected chi connectivity index (χ1v) is 6.28. The topological polar surface area (TPSA) is 38.3 Å². The fourth-order valence-electron chi connectivity index (χ4n) is 1.26. The normalized spacial score (nSPS) is 11.4. The maximum atomic E-state index is 11.8. The van der Waals surface area contributed by atoms with E-state index in [2.05, 4.69) is 26.0 Å². The van der Waals surface area contributed by atoms with Gasteiger partial charge in [-0.05, 0) is 24.6 Å². The summed E-state index contributed by atoms with van der Waals surface area (Å²) in [4.78, 5) is 11.7. The zero-order valence-corrected chi connectivity index (χ0v) is 11.8. The molecule has 1 amide bonds.